The Morgan fingerprint density at radius 3 is 3.20 bits per heavy atom. The largest absolute Gasteiger partial charge is 0.487 e. The minimum Gasteiger partial charge on any atom is -0.487 e. The van der Waals surface area contributed by atoms with E-state index in [2.05, 4.69) is 59.8 Å². The molecule has 0 saturated carbocycles. The molecule has 0 saturated heterocycles. The molecule has 2 aliphatic heterocycles. The smallest absolute Gasteiger partial charge is 0.128 e. The van der Waals surface area contributed by atoms with Crippen LogP contribution in [0.3, 0.4) is 0 Å². The van der Waals surface area contributed by atoms with Crippen molar-refractivity contribution in [3.8, 4) is 5.75 Å². The second kappa shape index (κ2) is 4.52. The molecule has 0 radical (unpaired) electrons. The van der Waals surface area contributed by atoms with Gasteiger partial charge >= 0.3 is 0 Å². The van der Waals surface area contributed by atoms with E-state index >= 15 is 0 Å². The van der Waals surface area contributed by atoms with Gasteiger partial charge in [-0.05, 0) is 38.1 Å². The zero-order valence-electron chi connectivity index (χ0n) is 11.7. The fourth-order valence-corrected chi connectivity index (χ4v) is 4.34. The molecule has 1 aliphatic carbocycles. The second-order valence-corrected chi connectivity index (χ2v) is 6.49. The molecule has 3 nitrogen and oxygen atoms in total. The topological polar surface area (TPSA) is 24.5 Å². The summed E-state index contributed by atoms with van der Waals surface area (Å²) in [6, 6.07) is 6.76. The normalized spacial score (nSPS) is 35.1. The number of rotatable bonds is 1. The first kappa shape index (κ1) is 12.7. The third-order valence-corrected chi connectivity index (χ3v) is 5.36. The van der Waals surface area contributed by atoms with Crippen LogP contribution in [0.4, 0.5) is 0 Å². The van der Waals surface area contributed by atoms with Gasteiger partial charge in [0.25, 0.3) is 0 Å². The molecule has 1 spiro atoms. The Kier molecular flexibility index (Phi) is 2.88. The van der Waals surface area contributed by atoms with E-state index in [0.29, 0.717) is 0 Å². The molecule has 4 rings (SSSR count). The van der Waals surface area contributed by atoms with Crippen molar-refractivity contribution in [2.24, 2.45) is 0 Å². The highest BCUT2D eigenvalue weighted by Crippen LogP contribution is 2.52. The average Bonchev–Trinajstić information content (AvgIpc) is 2.73. The quantitative estimate of drug-likeness (QED) is 0.612. The van der Waals surface area contributed by atoms with Crippen LogP contribution in [0.2, 0.25) is 0 Å². The van der Waals surface area contributed by atoms with Crippen LogP contribution < -0.4 is 9.46 Å². The number of thiol groups is 1. The van der Waals surface area contributed by atoms with Crippen LogP contribution in [0.5, 0.6) is 5.75 Å². The predicted octanol–water partition coefficient (Wildman–Crippen LogP) is 2.28. The highest BCUT2D eigenvalue weighted by atomic mass is 32.1. The van der Waals surface area contributed by atoms with Gasteiger partial charge in [0.1, 0.15) is 11.9 Å². The van der Waals surface area contributed by atoms with Crippen molar-refractivity contribution < 1.29 is 4.74 Å². The number of hydrogen-bond donors (Lipinski definition) is 2. The average molecular weight is 288 g/mol. The van der Waals surface area contributed by atoms with Crippen LogP contribution in [0.25, 0.3) is 0 Å². The molecule has 2 heterocycles. The Bertz CT molecular complexity index is 574. The highest BCUT2D eigenvalue weighted by molar-refractivity contribution is 7.78. The van der Waals surface area contributed by atoms with E-state index in [1.807, 2.05) is 0 Å². The van der Waals surface area contributed by atoms with Gasteiger partial charge in [-0.3, -0.25) is 4.72 Å². The third kappa shape index (κ3) is 1.62. The van der Waals surface area contributed by atoms with Crippen molar-refractivity contribution >= 4 is 12.8 Å². The van der Waals surface area contributed by atoms with Crippen molar-refractivity contribution in [3.63, 3.8) is 0 Å². The number of ether oxygens (including phenoxy) is 1. The zero-order chi connectivity index (χ0) is 13.7. The molecule has 0 amide bonds. The van der Waals surface area contributed by atoms with Crippen LogP contribution >= 0.6 is 12.8 Å². The summed E-state index contributed by atoms with van der Waals surface area (Å²) in [5.41, 5.74) is 2.85. The molecule has 0 bridgehead atoms. The summed E-state index contributed by atoms with van der Waals surface area (Å²) in [4.78, 5) is 2.41. The van der Waals surface area contributed by atoms with E-state index < -0.39 is 0 Å². The number of hydrogen-bond acceptors (Lipinski definition) is 4. The summed E-state index contributed by atoms with van der Waals surface area (Å²) in [5, 5.41) is 0. The molecule has 1 aromatic carbocycles. The molecular weight excluding hydrogens is 268 g/mol. The Morgan fingerprint density at radius 2 is 2.35 bits per heavy atom. The van der Waals surface area contributed by atoms with E-state index in [1.54, 1.807) is 0 Å². The fraction of sp³-hybridized carbons (Fsp3) is 0.500. The van der Waals surface area contributed by atoms with Crippen molar-refractivity contribution in [1.82, 2.24) is 9.62 Å². The molecule has 20 heavy (non-hydrogen) atoms. The van der Waals surface area contributed by atoms with Crippen LogP contribution in [-0.2, 0) is 12.0 Å². The molecule has 106 valence electrons. The van der Waals surface area contributed by atoms with Gasteiger partial charge in [0.2, 0.25) is 0 Å². The van der Waals surface area contributed by atoms with E-state index in [-0.39, 0.29) is 17.6 Å². The predicted molar refractivity (Wildman–Crippen MR) is 83.2 cm³/mol. The maximum Gasteiger partial charge on any atom is 0.128 e. The molecule has 4 heteroatoms. The maximum absolute atomic E-state index is 6.34. The van der Waals surface area contributed by atoms with Crippen LogP contribution in [0.15, 0.2) is 30.4 Å². The van der Waals surface area contributed by atoms with Crippen molar-refractivity contribution in [1.29, 1.82) is 0 Å². The Balaban J connectivity index is 1.92. The van der Waals surface area contributed by atoms with Gasteiger partial charge < -0.3 is 9.64 Å². The van der Waals surface area contributed by atoms with Gasteiger partial charge in [0.05, 0.1) is 11.5 Å². The minimum atomic E-state index is 0.0231. The molecule has 3 atom stereocenters. The first-order chi connectivity index (χ1) is 9.74. The second-order valence-electron chi connectivity index (χ2n) is 6.23. The Morgan fingerprint density at radius 1 is 1.45 bits per heavy atom. The van der Waals surface area contributed by atoms with E-state index in [1.165, 1.54) is 11.1 Å². The lowest BCUT2D eigenvalue weighted by molar-refractivity contribution is 0.119. The van der Waals surface area contributed by atoms with Crippen molar-refractivity contribution in [3.05, 3.63) is 41.5 Å². The fourth-order valence-electron chi connectivity index (χ4n) is 4.10. The summed E-state index contributed by atoms with van der Waals surface area (Å²) in [7, 11) is 2.20. The van der Waals surface area contributed by atoms with Crippen molar-refractivity contribution in [2.75, 3.05) is 13.6 Å². The summed E-state index contributed by atoms with van der Waals surface area (Å²) in [6.07, 6.45) is 6.95. The third-order valence-electron chi connectivity index (χ3n) is 5.02. The Labute approximate surface area is 125 Å². The molecule has 2 unspecified atom stereocenters. The van der Waals surface area contributed by atoms with Crippen LogP contribution in [-0.4, -0.2) is 30.6 Å². The van der Waals surface area contributed by atoms with E-state index in [0.717, 1.165) is 31.7 Å². The summed E-state index contributed by atoms with van der Waals surface area (Å²) < 4.78 is 9.49. The van der Waals surface area contributed by atoms with E-state index in [4.69, 9.17) is 4.74 Å². The van der Waals surface area contributed by atoms with Gasteiger partial charge in [0, 0.05) is 12.1 Å². The molecule has 1 N–H and O–H groups in total. The lowest BCUT2D eigenvalue weighted by Crippen LogP contribution is -2.51. The molecule has 0 aromatic heterocycles. The SMILES string of the molecule is CN1CC[C@@]23C=CCC(NS)C2Oc2cccc(c23)C1. The van der Waals surface area contributed by atoms with Gasteiger partial charge in [-0.25, -0.2) is 0 Å². The summed E-state index contributed by atoms with van der Waals surface area (Å²) in [6.45, 7) is 2.10. The first-order valence-corrected chi connectivity index (χ1v) is 7.74. The number of benzene rings is 1. The summed E-state index contributed by atoms with van der Waals surface area (Å²) >= 11 is 4.31. The first-order valence-electron chi connectivity index (χ1n) is 7.29. The van der Waals surface area contributed by atoms with Crippen molar-refractivity contribution in [2.45, 2.75) is 36.9 Å². The zero-order valence-corrected chi connectivity index (χ0v) is 12.6. The summed E-state index contributed by atoms with van der Waals surface area (Å²) in [5.74, 6) is 1.07. The van der Waals surface area contributed by atoms with E-state index in [9.17, 15) is 0 Å². The maximum atomic E-state index is 6.34. The minimum absolute atomic E-state index is 0.0231. The van der Waals surface area contributed by atoms with Gasteiger partial charge in [-0.2, -0.15) is 0 Å². The number of nitrogens with one attached hydrogen (secondary N) is 1. The van der Waals surface area contributed by atoms with Crippen LogP contribution in [0, 0.1) is 0 Å². The van der Waals surface area contributed by atoms with Gasteiger partial charge in [-0.1, -0.05) is 37.1 Å². The monoisotopic (exact) mass is 288 g/mol. The van der Waals surface area contributed by atoms with Gasteiger partial charge in [0.15, 0.2) is 0 Å². The molecule has 0 fully saturated rings. The lowest BCUT2D eigenvalue weighted by Gasteiger charge is -2.38. The Hall–Kier alpha value is -0.970. The lowest BCUT2D eigenvalue weighted by atomic mass is 9.68. The molecular formula is C16H20N2OS. The molecule has 1 aromatic rings. The van der Waals surface area contributed by atoms with Gasteiger partial charge in [-0.15, -0.1) is 0 Å². The highest BCUT2D eigenvalue weighted by Gasteiger charge is 2.53. The standard InChI is InChI=1S/C16H20N2OS/c1-18-9-8-16-7-3-5-12(17-20)15(16)19-13-6-2-4-11(10-18)14(13)16/h2-4,6-7,12,15,17,20H,5,8-10H2,1H3/t12?,15?,16-/m1/s1. The molecule has 3 aliphatic rings. The number of nitrogens with zero attached hydrogens (tertiary/aromatic N) is 1. The van der Waals surface area contributed by atoms with Crippen LogP contribution in [0.1, 0.15) is 24.0 Å².